The van der Waals surface area contributed by atoms with Gasteiger partial charge in [-0.05, 0) is 0 Å². The SMILES string of the molecule is O=S(=O)(O)CNCCO.[NaH]. The van der Waals surface area contributed by atoms with E-state index in [1.165, 1.54) is 0 Å². The number of aliphatic hydroxyl groups excluding tert-OH is 1. The molecular formula is C3H10NNaO4S. The molecule has 3 N–H and O–H groups in total. The normalized spacial score (nSPS) is 10.6. The van der Waals surface area contributed by atoms with Gasteiger partial charge in [0, 0.05) is 6.54 Å². The van der Waals surface area contributed by atoms with Crippen LogP contribution in [0.1, 0.15) is 0 Å². The molecule has 0 radical (unpaired) electrons. The summed E-state index contributed by atoms with van der Waals surface area (Å²) < 4.78 is 27.9. The summed E-state index contributed by atoms with van der Waals surface area (Å²) in [6, 6.07) is 0. The Balaban J connectivity index is 0. The molecular weight excluding hydrogens is 169 g/mol. The molecule has 0 spiro atoms. The summed E-state index contributed by atoms with van der Waals surface area (Å²) in [6.07, 6.45) is 0. The van der Waals surface area contributed by atoms with Crippen LogP contribution >= 0.6 is 0 Å². The van der Waals surface area contributed by atoms with Crippen molar-refractivity contribution in [1.29, 1.82) is 0 Å². The van der Waals surface area contributed by atoms with Gasteiger partial charge in [-0.15, -0.1) is 0 Å². The van der Waals surface area contributed by atoms with Crippen molar-refractivity contribution >= 4 is 39.7 Å². The molecule has 0 aliphatic heterocycles. The van der Waals surface area contributed by atoms with Crippen molar-refractivity contribution in [2.24, 2.45) is 0 Å². The summed E-state index contributed by atoms with van der Waals surface area (Å²) in [7, 11) is -3.92. The monoisotopic (exact) mass is 179 g/mol. The molecule has 0 rings (SSSR count). The first-order chi connectivity index (χ1) is 4.06. The van der Waals surface area contributed by atoms with Gasteiger partial charge in [0.1, 0.15) is 5.88 Å². The van der Waals surface area contributed by atoms with Crippen LogP contribution < -0.4 is 5.32 Å². The number of rotatable bonds is 4. The predicted molar refractivity (Wildman–Crippen MR) is 38.7 cm³/mol. The van der Waals surface area contributed by atoms with Gasteiger partial charge >= 0.3 is 29.6 Å². The Labute approximate surface area is 81.9 Å². The zero-order valence-electron chi connectivity index (χ0n) is 4.74. The molecule has 0 saturated heterocycles. The van der Waals surface area contributed by atoms with Crippen LogP contribution in [0.25, 0.3) is 0 Å². The summed E-state index contributed by atoms with van der Waals surface area (Å²) in [4.78, 5) is 0. The Kier molecular flexibility index (Phi) is 8.77. The van der Waals surface area contributed by atoms with Crippen molar-refractivity contribution in [3.05, 3.63) is 0 Å². The second-order valence-corrected chi connectivity index (χ2v) is 2.90. The first kappa shape index (κ1) is 13.4. The molecule has 58 valence electrons. The standard InChI is InChI=1S/C3H9NO4S.Na.H/c5-2-1-4-3-9(6,7)8;;/h4-5H,1-3H2,(H,6,7,8);;. The van der Waals surface area contributed by atoms with Crippen molar-refractivity contribution in [3.63, 3.8) is 0 Å². The number of hydrogen-bond donors (Lipinski definition) is 3. The van der Waals surface area contributed by atoms with Gasteiger partial charge in [0.05, 0.1) is 6.61 Å². The Morgan fingerprint density at radius 3 is 2.20 bits per heavy atom. The van der Waals surface area contributed by atoms with E-state index in [-0.39, 0.29) is 42.7 Å². The second kappa shape index (κ2) is 6.53. The van der Waals surface area contributed by atoms with E-state index < -0.39 is 16.0 Å². The molecule has 7 heteroatoms. The molecule has 0 atom stereocenters. The molecule has 0 aromatic rings. The van der Waals surface area contributed by atoms with E-state index in [0.717, 1.165) is 0 Å². The zero-order valence-corrected chi connectivity index (χ0v) is 5.56. The van der Waals surface area contributed by atoms with Gasteiger partial charge in [-0.25, -0.2) is 0 Å². The summed E-state index contributed by atoms with van der Waals surface area (Å²) in [6.45, 7) is 0.0231. The molecule has 0 aliphatic rings. The van der Waals surface area contributed by atoms with Crippen molar-refractivity contribution in [2.75, 3.05) is 19.0 Å². The summed E-state index contributed by atoms with van der Waals surface area (Å²) >= 11 is 0. The van der Waals surface area contributed by atoms with Crippen molar-refractivity contribution < 1.29 is 18.1 Å². The Bertz CT molecular complexity index is 156. The fourth-order valence-electron chi connectivity index (χ4n) is 0.280. The number of nitrogens with one attached hydrogen (secondary N) is 1. The first-order valence-corrected chi connectivity index (χ1v) is 3.94. The van der Waals surface area contributed by atoms with Crippen LogP contribution in [0.3, 0.4) is 0 Å². The van der Waals surface area contributed by atoms with E-state index in [2.05, 4.69) is 5.32 Å². The zero-order chi connectivity index (χ0) is 7.33. The van der Waals surface area contributed by atoms with E-state index in [1.54, 1.807) is 0 Å². The number of aliphatic hydroxyl groups is 1. The topological polar surface area (TPSA) is 86.6 Å². The van der Waals surface area contributed by atoms with Gasteiger partial charge in [0.25, 0.3) is 10.1 Å². The van der Waals surface area contributed by atoms with E-state index in [9.17, 15) is 8.42 Å². The molecule has 0 saturated carbocycles. The van der Waals surface area contributed by atoms with Gasteiger partial charge in [-0.1, -0.05) is 0 Å². The quantitative estimate of drug-likeness (QED) is 0.258. The average Bonchev–Trinajstić information content (AvgIpc) is 1.63. The third kappa shape index (κ3) is 11.6. The molecule has 10 heavy (non-hydrogen) atoms. The molecule has 0 fully saturated rings. The van der Waals surface area contributed by atoms with Crippen LogP contribution in [0.15, 0.2) is 0 Å². The molecule has 0 unspecified atom stereocenters. The molecule has 0 heterocycles. The molecule has 0 aliphatic carbocycles. The average molecular weight is 179 g/mol. The maximum atomic E-state index is 9.92. The molecule has 0 aromatic heterocycles. The van der Waals surface area contributed by atoms with Crippen LogP contribution in [0.2, 0.25) is 0 Å². The fraction of sp³-hybridized carbons (Fsp3) is 1.00. The third-order valence-corrected chi connectivity index (χ3v) is 1.14. The molecule has 0 amide bonds. The van der Waals surface area contributed by atoms with Gasteiger partial charge < -0.3 is 5.11 Å². The fourth-order valence-corrected chi connectivity index (χ4v) is 0.682. The Morgan fingerprint density at radius 2 is 1.90 bits per heavy atom. The number of hydrogen-bond acceptors (Lipinski definition) is 4. The molecule has 0 bridgehead atoms. The van der Waals surface area contributed by atoms with Crippen molar-refractivity contribution in [1.82, 2.24) is 5.32 Å². The summed E-state index contributed by atoms with van der Waals surface area (Å²) in [5.41, 5.74) is 0. The minimum atomic E-state index is -3.92. The third-order valence-electron chi connectivity index (χ3n) is 0.573. The van der Waals surface area contributed by atoms with Gasteiger partial charge in [-0.3, -0.25) is 9.87 Å². The van der Waals surface area contributed by atoms with E-state index in [4.69, 9.17) is 9.66 Å². The summed E-state index contributed by atoms with van der Waals surface area (Å²) in [5, 5.41) is 10.4. The van der Waals surface area contributed by atoms with Crippen molar-refractivity contribution in [3.8, 4) is 0 Å². The van der Waals surface area contributed by atoms with Crippen LogP contribution in [0, 0.1) is 0 Å². The van der Waals surface area contributed by atoms with Crippen LogP contribution in [0.4, 0.5) is 0 Å². The predicted octanol–water partition coefficient (Wildman–Crippen LogP) is -2.23. The second-order valence-electron chi connectivity index (χ2n) is 1.45. The molecule has 0 aromatic carbocycles. The van der Waals surface area contributed by atoms with E-state index in [1.807, 2.05) is 0 Å². The first-order valence-electron chi connectivity index (χ1n) is 2.33. The summed E-state index contributed by atoms with van der Waals surface area (Å²) in [5.74, 6) is -0.506. The Hall–Kier alpha value is 0.830. The van der Waals surface area contributed by atoms with Crippen LogP contribution in [-0.4, -0.2) is 66.7 Å². The van der Waals surface area contributed by atoms with Gasteiger partial charge in [-0.2, -0.15) is 8.42 Å². The van der Waals surface area contributed by atoms with Crippen LogP contribution in [0.5, 0.6) is 0 Å². The minimum absolute atomic E-state index is 0. The van der Waals surface area contributed by atoms with E-state index in [0.29, 0.717) is 0 Å². The van der Waals surface area contributed by atoms with Gasteiger partial charge in [0.2, 0.25) is 0 Å². The van der Waals surface area contributed by atoms with Crippen LogP contribution in [-0.2, 0) is 10.1 Å². The Morgan fingerprint density at radius 1 is 1.40 bits per heavy atom. The molecule has 5 nitrogen and oxygen atoms in total. The maximum absolute atomic E-state index is 9.92. The van der Waals surface area contributed by atoms with Gasteiger partial charge in [0.15, 0.2) is 0 Å². The van der Waals surface area contributed by atoms with Crippen molar-refractivity contribution in [2.45, 2.75) is 0 Å². The van der Waals surface area contributed by atoms with E-state index >= 15 is 0 Å².